The van der Waals surface area contributed by atoms with Gasteiger partial charge in [-0.15, -0.1) is 0 Å². The SMILES string of the molecule is CC[C@H](C)[C@H](NC(=O)[C@@H]1CCCN1C(=O)[C@@H](O)[C@H](Cc1ccccc1)NC(=O)[C@H](CC(N)=O)NC(=O)[C@H](CC(C)C)NC(=O)[C@H](CO)NC(C)=O)C(=O)N[C@H](C(=O)OC)C(C)C. The van der Waals surface area contributed by atoms with Gasteiger partial charge in [-0.1, -0.05) is 78.3 Å². The smallest absolute Gasteiger partial charge is 0.328 e. The number of hydrogen-bond acceptors (Lipinski definition) is 12. The van der Waals surface area contributed by atoms with Gasteiger partial charge in [0, 0.05) is 13.5 Å². The lowest BCUT2D eigenvalue weighted by Crippen LogP contribution is -2.61. The molecule has 0 radical (unpaired) electrons. The number of ether oxygens (including phenoxy) is 1. The number of amides is 8. The Labute approximate surface area is 362 Å². The Kier molecular flexibility index (Phi) is 21.5. The van der Waals surface area contributed by atoms with E-state index in [0.717, 1.165) is 6.92 Å². The van der Waals surface area contributed by atoms with E-state index in [2.05, 4.69) is 31.9 Å². The minimum Gasteiger partial charge on any atom is -0.467 e. The highest BCUT2D eigenvalue weighted by Crippen LogP contribution is 2.22. The molecule has 8 amide bonds. The van der Waals surface area contributed by atoms with Gasteiger partial charge in [0.25, 0.3) is 5.91 Å². The lowest BCUT2D eigenvalue weighted by atomic mass is 9.96. The van der Waals surface area contributed by atoms with Gasteiger partial charge in [-0.3, -0.25) is 38.4 Å². The largest absolute Gasteiger partial charge is 0.467 e. The van der Waals surface area contributed by atoms with E-state index in [1.807, 2.05) is 6.92 Å². The molecule has 1 saturated heterocycles. The Morgan fingerprint density at radius 3 is 1.94 bits per heavy atom. The molecule has 1 aromatic rings. The first kappa shape index (κ1) is 52.5. The van der Waals surface area contributed by atoms with Crippen molar-refractivity contribution in [2.45, 2.75) is 135 Å². The molecule has 0 saturated carbocycles. The Balaban J connectivity index is 2.40. The fraction of sp³-hybridized carbons (Fsp3) is 0.643. The number of carbonyl (C=O) groups excluding carboxylic acids is 9. The summed E-state index contributed by atoms with van der Waals surface area (Å²) in [6, 6.07) is -0.376. The Hall–Kier alpha value is -5.63. The van der Waals surface area contributed by atoms with E-state index < -0.39 is 121 Å². The van der Waals surface area contributed by atoms with E-state index in [1.165, 1.54) is 12.0 Å². The predicted molar refractivity (Wildman–Crippen MR) is 225 cm³/mol. The van der Waals surface area contributed by atoms with Crippen molar-refractivity contribution in [3.8, 4) is 0 Å². The number of nitrogens with one attached hydrogen (secondary N) is 6. The van der Waals surface area contributed by atoms with Crippen LogP contribution >= 0.6 is 0 Å². The number of primary amides is 1. The van der Waals surface area contributed by atoms with Gasteiger partial charge in [-0.2, -0.15) is 0 Å². The number of rotatable bonds is 24. The van der Waals surface area contributed by atoms with Crippen LogP contribution in [-0.4, -0.2) is 137 Å². The summed E-state index contributed by atoms with van der Waals surface area (Å²) in [6.07, 6.45) is -1.72. The van der Waals surface area contributed by atoms with Crippen molar-refractivity contribution in [2.75, 3.05) is 20.3 Å². The first-order valence-electron chi connectivity index (χ1n) is 20.9. The normalized spacial score (nSPS) is 17.5. The quantitative estimate of drug-likeness (QED) is 0.0526. The fourth-order valence-corrected chi connectivity index (χ4v) is 6.95. The van der Waals surface area contributed by atoms with Gasteiger partial charge in [0.1, 0.15) is 36.3 Å². The van der Waals surface area contributed by atoms with Crippen LogP contribution in [0.2, 0.25) is 0 Å². The fourth-order valence-electron chi connectivity index (χ4n) is 6.95. The summed E-state index contributed by atoms with van der Waals surface area (Å²) in [5.74, 6) is -8.12. The predicted octanol–water partition coefficient (Wildman–Crippen LogP) is -1.70. The maximum Gasteiger partial charge on any atom is 0.328 e. The van der Waals surface area contributed by atoms with Gasteiger partial charge in [0.15, 0.2) is 6.10 Å². The molecular weight excluding hydrogens is 809 g/mol. The van der Waals surface area contributed by atoms with E-state index in [4.69, 9.17) is 10.5 Å². The first-order chi connectivity index (χ1) is 29.1. The molecule has 0 spiro atoms. The number of methoxy groups -OCH3 is 1. The molecule has 0 aliphatic carbocycles. The van der Waals surface area contributed by atoms with Crippen LogP contribution in [0.3, 0.4) is 0 Å². The van der Waals surface area contributed by atoms with E-state index in [9.17, 15) is 53.4 Å². The summed E-state index contributed by atoms with van der Waals surface area (Å²) >= 11 is 0. The topological polar surface area (TPSA) is 305 Å². The van der Waals surface area contributed by atoms with Crippen molar-refractivity contribution >= 4 is 53.2 Å². The van der Waals surface area contributed by atoms with Gasteiger partial charge in [0.05, 0.1) is 26.2 Å². The Morgan fingerprint density at radius 2 is 1.40 bits per heavy atom. The minimum absolute atomic E-state index is 0.0455. The first-order valence-corrected chi connectivity index (χ1v) is 20.9. The van der Waals surface area contributed by atoms with Crippen LogP contribution in [0.15, 0.2) is 30.3 Å². The third-order valence-electron chi connectivity index (χ3n) is 10.6. The average Bonchev–Trinajstić information content (AvgIpc) is 3.72. The Bertz CT molecular complexity index is 1730. The summed E-state index contributed by atoms with van der Waals surface area (Å²) < 4.78 is 4.84. The number of nitrogens with zero attached hydrogens (tertiary/aromatic N) is 1. The summed E-state index contributed by atoms with van der Waals surface area (Å²) in [5, 5.41) is 36.5. The molecule has 1 aliphatic heterocycles. The van der Waals surface area contributed by atoms with Crippen LogP contribution in [0.5, 0.6) is 0 Å². The van der Waals surface area contributed by atoms with Crippen molar-refractivity contribution < 1.29 is 58.1 Å². The summed E-state index contributed by atoms with van der Waals surface area (Å²) in [6.45, 7) is 11.0. The molecule has 0 bridgehead atoms. The van der Waals surface area contributed by atoms with Gasteiger partial charge in [-0.05, 0) is 49.0 Å². The molecule has 1 fully saturated rings. The van der Waals surface area contributed by atoms with Gasteiger partial charge >= 0.3 is 5.97 Å². The number of nitrogens with two attached hydrogens (primary N) is 1. The zero-order valence-electron chi connectivity index (χ0n) is 36.9. The monoisotopic (exact) mass is 874 g/mol. The number of likely N-dealkylation sites (tertiary alicyclic amines) is 1. The number of esters is 1. The molecule has 0 aromatic heterocycles. The van der Waals surface area contributed by atoms with Crippen molar-refractivity contribution in [3.63, 3.8) is 0 Å². The molecule has 1 aromatic carbocycles. The molecule has 0 unspecified atom stereocenters. The van der Waals surface area contributed by atoms with Gasteiger partial charge in [-0.25, -0.2) is 4.79 Å². The molecule has 20 nitrogen and oxygen atoms in total. The van der Waals surface area contributed by atoms with Gasteiger partial charge in [0.2, 0.25) is 41.4 Å². The van der Waals surface area contributed by atoms with Crippen molar-refractivity contribution in [1.29, 1.82) is 0 Å². The standard InChI is InChI=1S/C42H66N8O12/c1-9-24(6)34(40(59)48-33(23(4)5)42(61)62-8)49-39(58)31-16-13-17-50(31)41(60)35(54)27(19-26-14-11-10-12-15-26)45-37(56)29(20-32(43)53)47-36(55)28(18-22(2)3)46-38(57)30(21-51)44-25(7)52/h10-12,14-15,22-24,27-31,33-35,51,54H,9,13,16-21H2,1-8H3,(H2,43,53)(H,44,52)(H,45,56)(H,46,57)(H,47,55)(H,48,59)(H,49,58)/t24-,27-,28-,29-,30-,31-,33-,34-,35-/m0/s1. The van der Waals surface area contributed by atoms with E-state index in [0.29, 0.717) is 18.4 Å². The van der Waals surface area contributed by atoms with Crippen LogP contribution in [-0.2, 0) is 54.3 Å². The van der Waals surface area contributed by atoms with Crippen LogP contribution in [0.1, 0.15) is 86.1 Å². The molecule has 2 rings (SSSR count). The molecule has 1 heterocycles. The molecule has 1 aliphatic rings. The van der Waals surface area contributed by atoms with Crippen molar-refractivity contribution in [2.24, 2.45) is 23.5 Å². The van der Waals surface area contributed by atoms with E-state index in [1.54, 1.807) is 65.0 Å². The third-order valence-corrected chi connectivity index (χ3v) is 10.6. The zero-order chi connectivity index (χ0) is 46.8. The average molecular weight is 875 g/mol. The van der Waals surface area contributed by atoms with Crippen LogP contribution in [0.25, 0.3) is 0 Å². The molecule has 9 atom stereocenters. The molecule has 62 heavy (non-hydrogen) atoms. The second-order valence-electron chi connectivity index (χ2n) is 16.4. The second-order valence-corrected chi connectivity index (χ2v) is 16.4. The number of benzene rings is 1. The highest BCUT2D eigenvalue weighted by molar-refractivity contribution is 5.97. The minimum atomic E-state index is -1.96. The number of aliphatic hydroxyl groups excluding tert-OH is 2. The van der Waals surface area contributed by atoms with Crippen molar-refractivity contribution in [1.82, 2.24) is 36.8 Å². The molecule has 10 N–H and O–H groups in total. The van der Waals surface area contributed by atoms with Gasteiger partial charge < -0.3 is 57.5 Å². The zero-order valence-corrected chi connectivity index (χ0v) is 36.9. The number of carbonyl (C=O) groups is 9. The second kappa shape index (κ2) is 25.3. The van der Waals surface area contributed by atoms with E-state index >= 15 is 0 Å². The molecular formula is C42H66N8O12. The van der Waals surface area contributed by atoms with Crippen LogP contribution in [0.4, 0.5) is 0 Å². The molecule has 346 valence electrons. The summed E-state index contributed by atoms with van der Waals surface area (Å²) in [5.41, 5.74) is 6.06. The van der Waals surface area contributed by atoms with Crippen LogP contribution < -0.4 is 37.6 Å². The van der Waals surface area contributed by atoms with Crippen molar-refractivity contribution in [3.05, 3.63) is 35.9 Å². The van der Waals surface area contributed by atoms with Crippen LogP contribution in [0, 0.1) is 17.8 Å². The lowest BCUT2D eigenvalue weighted by Gasteiger charge is -2.33. The number of hydrogen-bond donors (Lipinski definition) is 9. The maximum atomic E-state index is 14.2. The summed E-state index contributed by atoms with van der Waals surface area (Å²) in [4.78, 5) is 119. The highest BCUT2D eigenvalue weighted by Gasteiger charge is 2.42. The maximum absolute atomic E-state index is 14.2. The third kappa shape index (κ3) is 16.0. The van der Waals surface area contributed by atoms with E-state index in [-0.39, 0.29) is 37.6 Å². The Morgan fingerprint density at radius 1 is 0.806 bits per heavy atom. The number of aliphatic hydroxyl groups is 2. The lowest BCUT2D eigenvalue weighted by molar-refractivity contribution is -0.148. The molecule has 20 heteroatoms. The highest BCUT2D eigenvalue weighted by atomic mass is 16.5. The summed E-state index contributed by atoms with van der Waals surface area (Å²) in [7, 11) is 1.20.